The monoisotopic (exact) mass is 313 g/mol. The first-order valence-corrected chi connectivity index (χ1v) is 6.62. The normalized spacial score (nSPS) is 11.8. The van der Waals surface area contributed by atoms with Gasteiger partial charge in [-0.3, -0.25) is 4.79 Å². The van der Waals surface area contributed by atoms with E-state index in [-0.39, 0.29) is 22.1 Å². The molecule has 0 saturated heterocycles. The van der Waals surface area contributed by atoms with Gasteiger partial charge >= 0.3 is 0 Å². The van der Waals surface area contributed by atoms with Crippen LogP contribution in [0.25, 0.3) is 5.82 Å². The third-order valence-corrected chi connectivity index (χ3v) is 3.59. The summed E-state index contributed by atoms with van der Waals surface area (Å²) in [4.78, 5) is 16.4. The standard InChI is InChI=1S/C14H14ClF2N3O/c1-7-5-8(2)12(19-11(7)15)20-13(21)9(3)10(6-18-20)14(4,16)17/h5-6H,1-4H3. The predicted octanol–water partition coefficient (Wildman–Crippen LogP) is 3.32. The van der Waals surface area contributed by atoms with E-state index in [0.717, 1.165) is 23.4 Å². The Morgan fingerprint density at radius 1 is 1.24 bits per heavy atom. The number of pyridine rings is 1. The average molecular weight is 314 g/mol. The zero-order valence-corrected chi connectivity index (χ0v) is 12.8. The summed E-state index contributed by atoms with van der Waals surface area (Å²) < 4.78 is 27.8. The van der Waals surface area contributed by atoms with E-state index in [9.17, 15) is 13.6 Å². The van der Waals surface area contributed by atoms with Crippen LogP contribution in [0.1, 0.15) is 29.2 Å². The highest BCUT2D eigenvalue weighted by Gasteiger charge is 2.29. The Labute approximate surface area is 125 Å². The molecule has 0 aliphatic carbocycles. The van der Waals surface area contributed by atoms with Crippen molar-refractivity contribution in [2.75, 3.05) is 0 Å². The van der Waals surface area contributed by atoms with E-state index in [2.05, 4.69) is 10.1 Å². The molecule has 2 aromatic heterocycles. The molecule has 2 aromatic rings. The fraction of sp³-hybridized carbons (Fsp3) is 0.357. The second kappa shape index (κ2) is 5.18. The molecule has 0 unspecified atom stereocenters. The van der Waals surface area contributed by atoms with Crippen molar-refractivity contribution < 1.29 is 8.78 Å². The van der Waals surface area contributed by atoms with E-state index >= 15 is 0 Å². The van der Waals surface area contributed by atoms with E-state index in [1.54, 1.807) is 19.9 Å². The van der Waals surface area contributed by atoms with E-state index in [4.69, 9.17) is 11.6 Å². The summed E-state index contributed by atoms with van der Waals surface area (Å²) >= 11 is 5.96. The van der Waals surface area contributed by atoms with Gasteiger partial charge in [0.15, 0.2) is 5.82 Å². The van der Waals surface area contributed by atoms with Gasteiger partial charge in [0.25, 0.3) is 11.5 Å². The van der Waals surface area contributed by atoms with Gasteiger partial charge in [-0.1, -0.05) is 11.6 Å². The molecule has 21 heavy (non-hydrogen) atoms. The number of hydrogen-bond donors (Lipinski definition) is 0. The van der Waals surface area contributed by atoms with Crippen molar-refractivity contribution in [3.63, 3.8) is 0 Å². The average Bonchev–Trinajstić information content (AvgIpc) is 2.36. The topological polar surface area (TPSA) is 47.8 Å². The molecule has 4 nitrogen and oxygen atoms in total. The van der Waals surface area contributed by atoms with Crippen LogP contribution in [0.3, 0.4) is 0 Å². The highest BCUT2D eigenvalue weighted by Crippen LogP contribution is 2.27. The third-order valence-electron chi connectivity index (χ3n) is 3.21. The van der Waals surface area contributed by atoms with Gasteiger partial charge in [0, 0.05) is 18.1 Å². The lowest BCUT2D eigenvalue weighted by Gasteiger charge is -2.15. The maximum Gasteiger partial charge on any atom is 0.276 e. The quantitative estimate of drug-likeness (QED) is 0.799. The maximum atomic E-state index is 13.4. The molecule has 0 atom stereocenters. The van der Waals surface area contributed by atoms with Crippen LogP contribution in [0.4, 0.5) is 8.78 Å². The number of nitrogens with zero attached hydrogens (tertiary/aromatic N) is 3. The van der Waals surface area contributed by atoms with Crippen molar-refractivity contribution in [2.24, 2.45) is 0 Å². The van der Waals surface area contributed by atoms with Crippen molar-refractivity contribution in [3.8, 4) is 5.82 Å². The molecule has 0 aliphatic rings. The minimum atomic E-state index is -3.12. The van der Waals surface area contributed by atoms with Crippen molar-refractivity contribution in [1.29, 1.82) is 0 Å². The van der Waals surface area contributed by atoms with Crippen molar-refractivity contribution in [3.05, 3.63) is 50.0 Å². The zero-order chi connectivity index (χ0) is 15.9. The molecule has 2 rings (SSSR count). The van der Waals surface area contributed by atoms with Crippen LogP contribution in [-0.2, 0) is 5.92 Å². The van der Waals surface area contributed by atoms with Crippen LogP contribution in [0.5, 0.6) is 0 Å². The summed E-state index contributed by atoms with van der Waals surface area (Å²) in [6.07, 6.45) is 0.992. The van der Waals surface area contributed by atoms with Gasteiger partial charge in [0.05, 0.1) is 6.20 Å². The van der Waals surface area contributed by atoms with Gasteiger partial charge in [-0.25, -0.2) is 13.8 Å². The molecular formula is C14H14ClF2N3O. The first-order valence-electron chi connectivity index (χ1n) is 6.24. The van der Waals surface area contributed by atoms with Crippen LogP contribution in [0, 0.1) is 20.8 Å². The number of halogens is 3. The van der Waals surface area contributed by atoms with Crippen molar-refractivity contribution in [2.45, 2.75) is 33.6 Å². The third kappa shape index (κ3) is 2.81. The van der Waals surface area contributed by atoms with E-state index < -0.39 is 11.5 Å². The van der Waals surface area contributed by atoms with Crippen LogP contribution in [0.2, 0.25) is 5.15 Å². The van der Waals surface area contributed by atoms with Gasteiger partial charge in [0.2, 0.25) is 0 Å². The van der Waals surface area contributed by atoms with Crippen LogP contribution >= 0.6 is 11.6 Å². The molecule has 0 fully saturated rings. The molecule has 0 aromatic carbocycles. The van der Waals surface area contributed by atoms with Gasteiger partial charge in [-0.05, 0) is 38.0 Å². The Hall–Kier alpha value is -1.82. The molecule has 0 amide bonds. The lowest BCUT2D eigenvalue weighted by Crippen LogP contribution is -2.28. The molecule has 7 heteroatoms. The minimum Gasteiger partial charge on any atom is -0.267 e. The summed E-state index contributed by atoms with van der Waals surface area (Å²) in [7, 11) is 0. The molecule has 112 valence electrons. The number of rotatable bonds is 2. The zero-order valence-electron chi connectivity index (χ0n) is 12.0. The predicted molar refractivity (Wildman–Crippen MR) is 76.4 cm³/mol. The summed E-state index contributed by atoms with van der Waals surface area (Å²) in [6, 6.07) is 1.76. The molecular weight excluding hydrogens is 300 g/mol. The van der Waals surface area contributed by atoms with Gasteiger partial charge in [-0.15, -0.1) is 0 Å². The second-order valence-corrected chi connectivity index (χ2v) is 5.38. The highest BCUT2D eigenvalue weighted by atomic mass is 35.5. The Balaban J connectivity index is 2.71. The van der Waals surface area contributed by atoms with E-state index in [0.29, 0.717) is 5.56 Å². The summed E-state index contributed by atoms with van der Waals surface area (Å²) in [6.45, 7) is 5.61. The second-order valence-electron chi connectivity index (χ2n) is 5.03. The molecule has 0 N–H and O–H groups in total. The Morgan fingerprint density at radius 3 is 2.43 bits per heavy atom. The van der Waals surface area contributed by atoms with Crippen LogP contribution < -0.4 is 5.56 Å². The largest absolute Gasteiger partial charge is 0.276 e. The van der Waals surface area contributed by atoms with Crippen molar-refractivity contribution >= 4 is 11.6 Å². The van der Waals surface area contributed by atoms with Gasteiger partial charge in [-0.2, -0.15) is 9.78 Å². The molecule has 0 aliphatic heterocycles. The summed E-state index contributed by atoms with van der Waals surface area (Å²) in [5.41, 5.74) is 0.362. The maximum absolute atomic E-state index is 13.4. The fourth-order valence-corrected chi connectivity index (χ4v) is 2.20. The molecule has 0 radical (unpaired) electrons. The van der Waals surface area contributed by atoms with Crippen LogP contribution in [0.15, 0.2) is 17.1 Å². The molecule has 0 saturated carbocycles. The highest BCUT2D eigenvalue weighted by molar-refractivity contribution is 6.30. The Kier molecular flexibility index (Phi) is 3.84. The Bertz CT molecular complexity index is 766. The lowest BCUT2D eigenvalue weighted by atomic mass is 10.1. The molecule has 0 spiro atoms. The van der Waals surface area contributed by atoms with Crippen molar-refractivity contribution in [1.82, 2.24) is 14.8 Å². The summed E-state index contributed by atoms with van der Waals surface area (Å²) in [5.74, 6) is -2.88. The fourth-order valence-electron chi connectivity index (χ4n) is 2.06. The van der Waals surface area contributed by atoms with Gasteiger partial charge < -0.3 is 0 Å². The minimum absolute atomic E-state index is 0.0598. The number of hydrogen-bond acceptors (Lipinski definition) is 3. The smallest absolute Gasteiger partial charge is 0.267 e. The first-order chi connectivity index (χ1) is 9.62. The molecule has 2 heterocycles. The first kappa shape index (κ1) is 15.6. The van der Waals surface area contributed by atoms with E-state index in [1.165, 1.54) is 6.92 Å². The number of aromatic nitrogens is 3. The summed E-state index contributed by atoms with van der Waals surface area (Å²) in [5, 5.41) is 4.05. The lowest BCUT2D eigenvalue weighted by molar-refractivity contribution is 0.0160. The van der Waals surface area contributed by atoms with Gasteiger partial charge in [0.1, 0.15) is 5.15 Å². The SMILES string of the molecule is Cc1cc(C)c(-n2ncc(C(C)(F)F)c(C)c2=O)nc1Cl. The number of alkyl halides is 2. The Morgan fingerprint density at radius 2 is 1.86 bits per heavy atom. The number of aryl methyl sites for hydroxylation is 2. The van der Waals surface area contributed by atoms with E-state index in [1.807, 2.05) is 0 Å². The molecule has 0 bridgehead atoms. The van der Waals surface area contributed by atoms with Crippen LogP contribution in [-0.4, -0.2) is 14.8 Å².